The maximum absolute atomic E-state index is 13.2. The van der Waals surface area contributed by atoms with Gasteiger partial charge in [0.15, 0.2) is 5.82 Å². The molecule has 0 unspecified atom stereocenters. The van der Waals surface area contributed by atoms with Crippen LogP contribution >= 0.6 is 0 Å². The van der Waals surface area contributed by atoms with Gasteiger partial charge in [-0.25, -0.2) is 9.97 Å². The summed E-state index contributed by atoms with van der Waals surface area (Å²) in [5, 5.41) is 0. The topological polar surface area (TPSA) is 83.5 Å². The molecule has 2 amide bonds. The number of carbonyl (C=O) groups is 3. The van der Waals surface area contributed by atoms with Crippen LogP contribution < -0.4 is 4.90 Å². The van der Waals surface area contributed by atoms with E-state index in [4.69, 9.17) is 0 Å². The van der Waals surface area contributed by atoms with E-state index < -0.39 is 29.9 Å². The number of benzene rings is 2. The van der Waals surface area contributed by atoms with Crippen molar-refractivity contribution in [2.75, 3.05) is 19.0 Å². The lowest BCUT2D eigenvalue weighted by atomic mass is 10.1. The summed E-state index contributed by atoms with van der Waals surface area (Å²) >= 11 is 0. The van der Waals surface area contributed by atoms with Crippen molar-refractivity contribution >= 4 is 23.3 Å². The van der Waals surface area contributed by atoms with Gasteiger partial charge in [-0.05, 0) is 42.0 Å². The van der Waals surface area contributed by atoms with Gasteiger partial charge in [0.1, 0.15) is 0 Å². The van der Waals surface area contributed by atoms with Crippen LogP contribution in [0.2, 0.25) is 0 Å². The van der Waals surface area contributed by atoms with Crippen LogP contribution in [0.25, 0.3) is 0 Å². The summed E-state index contributed by atoms with van der Waals surface area (Å²) < 4.78 is 39.5. The van der Waals surface area contributed by atoms with Crippen LogP contribution in [0.5, 0.6) is 0 Å². The number of carbonyl (C=O) groups excluding carboxylic acids is 3. The molecule has 34 heavy (non-hydrogen) atoms. The van der Waals surface area contributed by atoms with Gasteiger partial charge >= 0.3 is 6.18 Å². The molecule has 2 aromatic carbocycles. The largest absolute Gasteiger partial charge is 0.416 e. The Morgan fingerprint density at radius 3 is 2.24 bits per heavy atom. The smallest absolute Gasteiger partial charge is 0.345 e. The van der Waals surface area contributed by atoms with Gasteiger partial charge in [-0.1, -0.05) is 18.2 Å². The number of nitrogens with zero attached hydrogens (tertiary/aromatic N) is 4. The fraction of sp³-hybridized carbons (Fsp3) is 0.208. The van der Waals surface area contributed by atoms with E-state index in [2.05, 4.69) is 9.97 Å². The molecule has 1 heterocycles. The van der Waals surface area contributed by atoms with Crippen molar-refractivity contribution in [3.8, 4) is 0 Å². The third-order valence-corrected chi connectivity index (χ3v) is 4.83. The van der Waals surface area contributed by atoms with E-state index >= 15 is 0 Å². The number of rotatable bonds is 7. The second-order valence-corrected chi connectivity index (χ2v) is 7.60. The molecule has 0 atom stereocenters. The van der Waals surface area contributed by atoms with Gasteiger partial charge in [-0.3, -0.25) is 14.4 Å². The highest BCUT2D eigenvalue weighted by atomic mass is 19.4. The van der Waals surface area contributed by atoms with Crippen LogP contribution in [0.3, 0.4) is 0 Å². The Balaban J connectivity index is 1.97. The Labute approximate surface area is 193 Å². The fourth-order valence-corrected chi connectivity index (χ4v) is 3.17. The van der Waals surface area contributed by atoms with Crippen LogP contribution in [0.1, 0.15) is 38.5 Å². The van der Waals surface area contributed by atoms with Gasteiger partial charge in [-0.15, -0.1) is 0 Å². The minimum absolute atomic E-state index is 0.147. The van der Waals surface area contributed by atoms with E-state index in [-0.39, 0.29) is 35.1 Å². The summed E-state index contributed by atoms with van der Waals surface area (Å²) in [5.74, 6) is -1.78. The standard InChI is InChI=1S/C24H21F3N4O3/c1-30(2)23(34)17-7-4-9-19(13-17)31(15-16-6-3-8-18(12-16)24(25,26)27)21(33)14-20(32)22-28-10-5-11-29-22/h3-13H,14-15H2,1-2H3. The van der Waals surface area contributed by atoms with E-state index in [1.165, 1.54) is 46.5 Å². The number of alkyl halides is 3. The molecule has 10 heteroatoms. The van der Waals surface area contributed by atoms with Crippen LogP contribution in [0.15, 0.2) is 67.0 Å². The number of halogens is 3. The molecule has 0 aliphatic rings. The highest BCUT2D eigenvalue weighted by Crippen LogP contribution is 2.30. The van der Waals surface area contributed by atoms with Crippen LogP contribution in [0, 0.1) is 0 Å². The monoisotopic (exact) mass is 470 g/mol. The predicted octanol–water partition coefficient (Wildman–Crippen LogP) is 4.00. The molecular weight excluding hydrogens is 449 g/mol. The number of anilines is 1. The summed E-state index contributed by atoms with van der Waals surface area (Å²) in [6.45, 7) is -0.245. The highest BCUT2D eigenvalue weighted by molar-refractivity contribution is 6.10. The lowest BCUT2D eigenvalue weighted by molar-refractivity contribution is -0.137. The minimum Gasteiger partial charge on any atom is -0.345 e. The molecule has 7 nitrogen and oxygen atoms in total. The van der Waals surface area contributed by atoms with Crippen molar-refractivity contribution in [2.45, 2.75) is 19.1 Å². The molecular formula is C24H21F3N4O3. The summed E-state index contributed by atoms with van der Waals surface area (Å²) in [6.07, 6.45) is -2.43. The number of amides is 2. The SMILES string of the molecule is CN(C)C(=O)c1cccc(N(Cc2cccc(C(F)(F)F)c2)C(=O)CC(=O)c2ncccn2)c1. The zero-order valence-electron chi connectivity index (χ0n) is 18.4. The molecule has 0 N–H and O–H groups in total. The second-order valence-electron chi connectivity index (χ2n) is 7.60. The molecule has 3 rings (SSSR count). The zero-order chi connectivity index (χ0) is 24.9. The quantitative estimate of drug-likeness (QED) is 0.385. The van der Waals surface area contributed by atoms with Crippen molar-refractivity contribution in [3.63, 3.8) is 0 Å². The normalized spacial score (nSPS) is 11.1. The highest BCUT2D eigenvalue weighted by Gasteiger charge is 2.31. The molecule has 0 saturated heterocycles. The number of ketones is 1. The van der Waals surface area contributed by atoms with Crippen LogP contribution in [0.4, 0.5) is 18.9 Å². The molecule has 0 fully saturated rings. The van der Waals surface area contributed by atoms with Gasteiger partial charge in [0.05, 0.1) is 18.5 Å². The summed E-state index contributed by atoms with van der Waals surface area (Å²) in [5.41, 5.74) is -0.113. The molecule has 0 bridgehead atoms. The molecule has 0 aliphatic heterocycles. The Morgan fingerprint density at radius 1 is 0.912 bits per heavy atom. The molecule has 1 aromatic heterocycles. The van der Waals surface area contributed by atoms with Gasteiger partial charge in [0, 0.05) is 37.7 Å². The summed E-state index contributed by atoms with van der Waals surface area (Å²) in [7, 11) is 3.14. The predicted molar refractivity (Wildman–Crippen MR) is 118 cm³/mol. The average Bonchev–Trinajstić information content (AvgIpc) is 2.82. The fourth-order valence-electron chi connectivity index (χ4n) is 3.17. The second kappa shape index (κ2) is 10.2. The minimum atomic E-state index is -4.55. The third kappa shape index (κ3) is 6.03. The van der Waals surface area contributed by atoms with Crippen molar-refractivity contribution in [1.29, 1.82) is 0 Å². The van der Waals surface area contributed by atoms with Gasteiger partial charge in [0.25, 0.3) is 5.91 Å². The average molecular weight is 470 g/mol. The number of hydrogen-bond donors (Lipinski definition) is 0. The first-order valence-corrected chi connectivity index (χ1v) is 10.1. The first-order valence-electron chi connectivity index (χ1n) is 10.1. The molecule has 176 valence electrons. The van der Waals surface area contributed by atoms with Crippen molar-refractivity contribution in [1.82, 2.24) is 14.9 Å². The molecule has 0 spiro atoms. The zero-order valence-corrected chi connectivity index (χ0v) is 18.4. The van der Waals surface area contributed by atoms with E-state index in [1.54, 1.807) is 32.3 Å². The van der Waals surface area contributed by atoms with E-state index in [0.29, 0.717) is 0 Å². The molecule has 0 radical (unpaired) electrons. The lowest BCUT2D eigenvalue weighted by Crippen LogP contribution is -2.33. The Bertz CT molecular complexity index is 1200. The first-order chi connectivity index (χ1) is 16.1. The lowest BCUT2D eigenvalue weighted by Gasteiger charge is -2.24. The molecule has 3 aromatic rings. The van der Waals surface area contributed by atoms with Crippen molar-refractivity contribution < 1.29 is 27.6 Å². The number of aromatic nitrogens is 2. The van der Waals surface area contributed by atoms with E-state index in [9.17, 15) is 27.6 Å². The Hall–Kier alpha value is -4.08. The summed E-state index contributed by atoms with van der Waals surface area (Å²) in [6, 6.07) is 12.2. The van der Waals surface area contributed by atoms with Crippen molar-refractivity contribution in [3.05, 3.63) is 89.5 Å². The third-order valence-electron chi connectivity index (χ3n) is 4.83. The van der Waals surface area contributed by atoms with E-state index in [1.807, 2.05) is 0 Å². The number of hydrogen-bond acceptors (Lipinski definition) is 5. The van der Waals surface area contributed by atoms with Crippen molar-refractivity contribution in [2.24, 2.45) is 0 Å². The Kier molecular flexibility index (Phi) is 7.40. The molecule has 0 saturated carbocycles. The maximum Gasteiger partial charge on any atom is 0.416 e. The Morgan fingerprint density at radius 2 is 1.59 bits per heavy atom. The van der Waals surface area contributed by atoms with E-state index in [0.717, 1.165) is 12.1 Å². The van der Waals surface area contributed by atoms with Crippen LogP contribution in [-0.4, -0.2) is 46.6 Å². The summed E-state index contributed by atoms with van der Waals surface area (Å²) in [4.78, 5) is 48.3. The first kappa shape index (κ1) is 24.6. The number of Topliss-reactive ketones (excluding diaryl/α,β-unsaturated/α-hetero) is 1. The van der Waals surface area contributed by atoms with Gasteiger partial charge in [-0.2, -0.15) is 13.2 Å². The maximum atomic E-state index is 13.2. The van der Waals surface area contributed by atoms with Gasteiger partial charge in [0.2, 0.25) is 11.7 Å². The van der Waals surface area contributed by atoms with Gasteiger partial charge < -0.3 is 9.80 Å². The van der Waals surface area contributed by atoms with Crippen LogP contribution in [-0.2, 0) is 17.5 Å². The molecule has 0 aliphatic carbocycles.